The molecule has 0 atom stereocenters. The molecule has 69 heavy (non-hydrogen) atoms. The number of fused-ring (bicyclic) bond motifs is 13. The molecule has 322 valence electrons. The Morgan fingerprint density at radius 3 is 1.23 bits per heavy atom. The predicted molar refractivity (Wildman–Crippen MR) is 283 cm³/mol. The van der Waals surface area contributed by atoms with E-state index >= 15 is 0 Å². The summed E-state index contributed by atoms with van der Waals surface area (Å²) in [6, 6.07) is 74.6. The van der Waals surface area contributed by atoms with Gasteiger partial charge in [0.2, 0.25) is 5.71 Å². The van der Waals surface area contributed by atoms with Gasteiger partial charge in [-0.05, 0) is 140 Å². The van der Waals surface area contributed by atoms with E-state index in [4.69, 9.17) is 23.2 Å². The first-order valence-electron chi connectivity index (χ1n) is 23.1. The first kappa shape index (κ1) is 37.7. The Balaban J connectivity index is 0.887. The van der Waals surface area contributed by atoms with Crippen molar-refractivity contribution in [2.24, 2.45) is 0 Å². The fraction of sp³-hybridized carbons (Fsp3) is 0. The van der Waals surface area contributed by atoms with Crippen LogP contribution in [-0.4, -0.2) is 9.97 Å². The molecule has 0 N–H and O–H groups in total. The van der Waals surface area contributed by atoms with E-state index < -0.39 is 0 Å². The molecule has 0 saturated heterocycles. The summed E-state index contributed by atoms with van der Waals surface area (Å²) in [5.41, 5.74) is 9.81. The van der Waals surface area contributed by atoms with Crippen LogP contribution >= 0.6 is 0 Å². The largest absolute Gasteiger partial charge is 0.456 e. The number of benzene rings is 11. The van der Waals surface area contributed by atoms with Gasteiger partial charge >= 0.3 is 0 Å². The van der Waals surface area contributed by atoms with Crippen molar-refractivity contribution in [3.8, 4) is 0 Å². The summed E-state index contributed by atoms with van der Waals surface area (Å²) in [4.78, 5) is 14.8. The molecule has 0 aliphatic heterocycles. The van der Waals surface area contributed by atoms with Gasteiger partial charge in [0.1, 0.15) is 33.4 Å². The maximum absolute atomic E-state index is 6.77. The average Bonchev–Trinajstić information content (AvgIpc) is 4.08. The van der Waals surface area contributed by atoms with Crippen molar-refractivity contribution >= 4 is 143 Å². The second-order valence-corrected chi connectivity index (χ2v) is 17.9. The van der Waals surface area contributed by atoms with Gasteiger partial charge in [0.05, 0.1) is 11.9 Å². The number of hydrogen-bond donors (Lipinski definition) is 0. The van der Waals surface area contributed by atoms with Gasteiger partial charge in [0.25, 0.3) is 0 Å². The Labute approximate surface area is 393 Å². The molecule has 0 unspecified atom stereocenters. The molecule has 15 rings (SSSR count). The maximum atomic E-state index is 6.77. The summed E-state index contributed by atoms with van der Waals surface area (Å²) >= 11 is 0. The summed E-state index contributed by atoms with van der Waals surface area (Å²) in [6.45, 7) is 0. The molecule has 7 heteroatoms. The first-order chi connectivity index (χ1) is 34.1. The highest BCUT2D eigenvalue weighted by atomic mass is 16.3. The summed E-state index contributed by atoms with van der Waals surface area (Å²) in [5, 5.41) is 14.6. The SMILES string of the molecule is c1ccc2cc3cc(N(c4ccc5c(c4)oc4ccccc45)c4ccc5c(c4)oc4nc(N(c6ccc7cc8ccccc8cc7c6)c6ccc7c(c6)oc6ccccc67)cnc45)ccc3cc2c1. The van der Waals surface area contributed by atoms with Crippen molar-refractivity contribution < 1.29 is 13.3 Å². The number of anilines is 6. The molecule has 15 aromatic rings. The zero-order valence-corrected chi connectivity index (χ0v) is 36.8. The molecule has 7 nitrogen and oxygen atoms in total. The van der Waals surface area contributed by atoms with Crippen molar-refractivity contribution in [3.63, 3.8) is 0 Å². The van der Waals surface area contributed by atoms with Crippen LogP contribution in [0.2, 0.25) is 0 Å². The van der Waals surface area contributed by atoms with Crippen molar-refractivity contribution in [1.82, 2.24) is 9.97 Å². The topological polar surface area (TPSA) is 71.7 Å². The fourth-order valence-corrected chi connectivity index (χ4v) is 10.5. The van der Waals surface area contributed by atoms with Gasteiger partial charge in [-0.25, -0.2) is 4.98 Å². The van der Waals surface area contributed by atoms with Crippen LogP contribution in [0.5, 0.6) is 0 Å². The minimum Gasteiger partial charge on any atom is -0.456 e. The Morgan fingerprint density at radius 2 is 0.681 bits per heavy atom. The summed E-state index contributed by atoms with van der Waals surface area (Å²) < 4.78 is 19.6. The molecule has 0 aliphatic rings. The van der Waals surface area contributed by atoms with Crippen LogP contribution in [-0.2, 0) is 0 Å². The average molecular weight is 885 g/mol. The summed E-state index contributed by atoms with van der Waals surface area (Å²) in [7, 11) is 0. The lowest BCUT2D eigenvalue weighted by Gasteiger charge is -2.26. The Morgan fingerprint density at radius 1 is 0.290 bits per heavy atom. The Kier molecular flexibility index (Phi) is 7.94. The van der Waals surface area contributed by atoms with Gasteiger partial charge in [-0.15, -0.1) is 0 Å². The van der Waals surface area contributed by atoms with Gasteiger partial charge in [-0.2, -0.15) is 4.98 Å². The number of furan rings is 3. The van der Waals surface area contributed by atoms with Crippen LogP contribution in [0.3, 0.4) is 0 Å². The highest BCUT2D eigenvalue weighted by Crippen LogP contribution is 2.44. The second-order valence-electron chi connectivity index (χ2n) is 17.9. The summed E-state index contributed by atoms with van der Waals surface area (Å²) in [6.07, 6.45) is 1.84. The molecular formula is C62H36N4O3. The number of rotatable bonds is 6. The zero-order chi connectivity index (χ0) is 45.2. The molecule has 0 fully saturated rings. The van der Waals surface area contributed by atoms with Crippen LogP contribution in [0.1, 0.15) is 0 Å². The van der Waals surface area contributed by atoms with Crippen LogP contribution < -0.4 is 9.80 Å². The molecule has 0 aliphatic carbocycles. The van der Waals surface area contributed by atoms with Gasteiger partial charge < -0.3 is 18.2 Å². The minimum absolute atomic E-state index is 0.439. The minimum atomic E-state index is 0.439. The van der Waals surface area contributed by atoms with Crippen molar-refractivity contribution in [1.29, 1.82) is 0 Å². The van der Waals surface area contributed by atoms with Crippen molar-refractivity contribution in [2.45, 2.75) is 0 Å². The fourth-order valence-electron chi connectivity index (χ4n) is 10.5. The molecule has 0 bridgehead atoms. The normalized spacial score (nSPS) is 12.1. The lowest BCUT2D eigenvalue weighted by molar-refractivity contribution is 0.653. The number of aromatic nitrogens is 2. The van der Waals surface area contributed by atoms with E-state index in [9.17, 15) is 0 Å². The van der Waals surface area contributed by atoms with Crippen LogP contribution in [0.15, 0.2) is 232 Å². The van der Waals surface area contributed by atoms with Gasteiger partial charge in [-0.1, -0.05) is 97.1 Å². The van der Waals surface area contributed by atoms with E-state index in [1.54, 1.807) is 0 Å². The van der Waals surface area contributed by atoms with Crippen LogP contribution in [0.4, 0.5) is 34.3 Å². The maximum Gasteiger partial charge on any atom is 0.248 e. The number of para-hydroxylation sites is 2. The quantitative estimate of drug-likeness (QED) is 0.154. The van der Waals surface area contributed by atoms with Crippen LogP contribution in [0, 0.1) is 0 Å². The highest BCUT2D eigenvalue weighted by molar-refractivity contribution is 6.09. The van der Waals surface area contributed by atoms with Crippen LogP contribution in [0.25, 0.3) is 109 Å². The molecule has 0 saturated carbocycles. The molecule has 0 amide bonds. The monoisotopic (exact) mass is 884 g/mol. The van der Waals surface area contributed by atoms with Crippen molar-refractivity contribution in [2.75, 3.05) is 9.80 Å². The van der Waals surface area contributed by atoms with E-state index in [0.717, 1.165) is 93.9 Å². The third-order valence-electron chi connectivity index (χ3n) is 13.8. The number of hydrogen-bond acceptors (Lipinski definition) is 7. The van der Waals surface area contributed by atoms with E-state index in [0.29, 0.717) is 22.6 Å². The lowest BCUT2D eigenvalue weighted by atomic mass is 10.0. The molecule has 4 aromatic heterocycles. The number of nitrogens with zero attached hydrogens (tertiary/aromatic N) is 4. The molecule has 11 aromatic carbocycles. The third kappa shape index (κ3) is 6.00. The van der Waals surface area contributed by atoms with E-state index in [1.807, 2.05) is 36.5 Å². The second kappa shape index (κ2) is 14.5. The molecule has 0 radical (unpaired) electrons. The van der Waals surface area contributed by atoms with E-state index in [-0.39, 0.29) is 0 Å². The lowest BCUT2D eigenvalue weighted by Crippen LogP contribution is -2.12. The Hall–Kier alpha value is -9.46. The van der Waals surface area contributed by atoms with E-state index in [2.05, 4.69) is 192 Å². The van der Waals surface area contributed by atoms with Crippen molar-refractivity contribution in [3.05, 3.63) is 219 Å². The zero-order valence-electron chi connectivity index (χ0n) is 36.8. The predicted octanol–water partition coefficient (Wildman–Crippen LogP) is 17.7. The third-order valence-corrected chi connectivity index (χ3v) is 13.8. The van der Waals surface area contributed by atoms with Gasteiger partial charge in [-0.3, -0.25) is 4.90 Å². The standard InChI is InChI=1S/C62H36N4O3/c1-3-11-39-29-43-31-45(19-17-41(43)27-37(39)9-1)65(47-21-24-52-50-13-5-7-15-55(50)67-57(52)33-47)48-23-26-54-59(34-48)69-62-61(54)63-36-60(64-62)66(49-22-25-53-51-14-6-8-16-56(51)68-58(53)35-49)46-20-18-42-28-38-10-2-4-12-40(38)30-44(42)32-46/h1-36H. The molecular weight excluding hydrogens is 849 g/mol. The molecule has 0 spiro atoms. The smallest absolute Gasteiger partial charge is 0.248 e. The molecule has 4 heterocycles. The highest BCUT2D eigenvalue weighted by Gasteiger charge is 2.22. The summed E-state index contributed by atoms with van der Waals surface area (Å²) in [5.74, 6) is 0.613. The van der Waals surface area contributed by atoms with E-state index in [1.165, 1.54) is 26.9 Å². The first-order valence-corrected chi connectivity index (χ1v) is 23.1. The Bertz CT molecular complexity index is 4310. The van der Waals surface area contributed by atoms with Gasteiger partial charge in [0, 0.05) is 67.9 Å². The van der Waals surface area contributed by atoms with Gasteiger partial charge in [0.15, 0.2) is 5.82 Å².